The SMILES string of the molecule is C=NCc1cccc(Cn2cc(NC(=O)c3c[nH]c(=O)c(-c4cc5ccccc5[nH]4)c3)cn2)c1. The van der Waals surface area contributed by atoms with Crippen molar-refractivity contribution in [3.05, 3.63) is 106 Å². The van der Waals surface area contributed by atoms with Crippen molar-refractivity contribution in [2.45, 2.75) is 13.1 Å². The fraction of sp³-hybridized carbons (Fsp3) is 0.0769. The first-order valence-corrected chi connectivity index (χ1v) is 10.7. The predicted molar refractivity (Wildman–Crippen MR) is 133 cm³/mol. The van der Waals surface area contributed by atoms with Crippen molar-refractivity contribution in [3.63, 3.8) is 0 Å². The van der Waals surface area contributed by atoms with Gasteiger partial charge in [-0.1, -0.05) is 42.5 Å². The number of carbonyl (C=O) groups is 1. The third kappa shape index (κ3) is 4.42. The molecule has 8 nitrogen and oxygen atoms in total. The van der Waals surface area contributed by atoms with Crippen LogP contribution in [0.2, 0.25) is 0 Å². The second kappa shape index (κ2) is 9.03. The van der Waals surface area contributed by atoms with E-state index in [1.165, 1.54) is 6.20 Å². The number of fused-ring (bicyclic) bond motifs is 1. The summed E-state index contributed by atoms with van der Waals surface area (Å²) in [6.07, 6.45) is 4.77. The van der Waals surface area contributed by atoms with Gasteiger partial charge in [0.15, 0.2) is 0 Å². The molecular formula is C26H22N6O2. The second-order valence-electron chi connectivity index (χ2n) is 7.98. The minimum atomic E-state index is -0.341. The molecule has 3 aromatic heterocycles. The van der Waals surface area contributed by atoms with Crippen LogP contribution in [-0.2, 0) is 13.1 Å². The maximum absolute atomic E-state index is 12.9. The van der Waals surface area contributed by atoms with E-state index in [1.54, 1.807) is 23.1 Å². The minimum Gasteiger partial charge on any atom is -0.354 e. The Morgan fingerprint density at radius 1 is 1.09 bits per heavy atom. The second-order valence-corrected chi connectivity index (χ2v) is 7.98. The Morgan fingerprint density at radius 3 is 2.79 bits per heavy atom. The van der Waals surface area contributed by atoms with E-state index >= 15 is 0 Å². The van der Waals surface area contributed by atoms with E-state index in [0.29, 0.717) is 35.6 Å². The number of hydrogen-bond acceptors (Lipinski definition) is 4. The highest BCUT2D eigenvalue weighted by Gasteiger charge is 2.13. The van der Waals surface area contributed by atoms with Gasteiger partial charge in [0.2, 0.25) is 0 Å². The van der Waals surface area contributed by atoms with Crippen molar-refractivity contribution >= 4 is 29.2 Å². The summed E-state index contributed by atoms with van der Waals surface area (Å²) in [7, 11) is 0. The minimum absolute atomic E-state index is 0.273. The first kappa shape index (κ1) is 21.1. The van der Waals surface area contributed by atoms with Gasteiger partial charge < -0.3 is 15.3 Å². The van der Waals surface area contributed by atoms with Crippen molar-refractivity contribution in [1.82, 2.24) is 19.7 Å². The highest BCUT2D eigenvalue weighted by Crippen LogP contribution is 2.22. The number of rotatable bonds is 7. The van der Waals surface area contributed by atoms with Gasteiger partial charge in [0.05, 0.1) is 41.8 Å². The Kier molecular flexibility index (Phi) is 5.61. The zero-order valence-electron chi connectivity index (χ0n) is 18.3. The zero-order chi connectivity index (χ0) is 23.5. The number of nitrogens with one attached hydrogen (secondary N) is 3. The molecule has 1 amide bonds. The summed E-state index contributed by atoms with van der Waals surface area (Å²) in [6.45, 7) is 4.66. The Balaban J connectivity index is 1.33. The molecule has 3 N–H and O–H groups in total. The van der Waals surface area contributed by atoms with E-state index in [1.807, 2.05) is 48.5 Å². The largest absolute Gasteiger partial charge is 0.354 e. The van der Waals surface area contributed by atoms with E-state index in [9.17, 15) is 9.59 Å². The van der Waals surface area contributed by atoms with Crippen LogP contribution in [0.15, 0.2) is 89.0 Å². The molecule has 8 heteroatoms. The first-order chi connectivity index (χ1) is 16.6. The fourth-order valence-corrected chi connectivity index (χ4v) is 3.89. The molecule has 3 heterocycles. The van der Waals surface area contributed by atoms with Crippen molar-refractivity contribution in [2.75, 3.05) is 5.32 Å². The maximum atomic E-state index is 12.9. The number of aromatic amines is 2. The number of carbonyl (C=O) groups excluding carboxylic acids is 1. The van der Waals surface area contributed by atoms with Crippen molar-refractivity contribution in [2.24, 2.45) is 4.99 Å². The van der Waals surface area contributed by atoms with Gasteiger partial charge in [-0.3, -0.25) is 19.3 Å². The van der Waals surface area contributed by atoms with Crippen LogP contribution in [-0.4, -0.2) is 32.4 Å². The molecule has 168 valence electrons. The molecule has 0 atom stereocenters. The van der Waals surface area contributed by atoms with Gasteiger partial charge in [0, 0.05) is 23.3 Å². The van der Waals surface area contributed by atoms with Gasteiger partial charge >= 0.3 is 0 Å². The zero-order valence-corrected chi connectivity index (χ0v) is 18.3. The van der Waals surface area contributed by atoms with Crippen LogP contribution in [0.3, 0.4) is 0 Å². The highest BCUT2D eigenvalue weighted by molar-refractivity contribution is 6.04. The number of para-hydroxylation sites is 1. The van der Waals surface area contributed by atoms with Crippen LogP contribution in [0.5, 0.6) is 0 Å². The van der Waals surface area contributed by atoms with Crippen LogP contribution in [0.1, 0.15) is 21.5 Å². The highest BCUT2D eigenvalue weighted by atomic mass is 16.2. The Hall–Kier alpha value is -4.72. The number of anilines is 1. The molecular weight excluding hydrogens is 428 g/mol. The predicted octanol–water partition coefficient (Wildman–Crippen LogP) is 4.22. The molecule has 0 bridgehead atoms. The quantitative estimate of drug-likeness (QED) is 0.323. The number of aromatic nitrogens is 4. The number of amides is 1. The van der Waals surface area contributed by atoms with Crippen LogP contribution >= 0.6 is 0 Å². The summed E-state index contributed by atoms with van der Waals surface area (Å²) in [5, 5.41) is 8.17. The van der Waals surface area contributed by atoms with Crippen LogP contribution < -0.4 is 10.9 Å². The summed E-state index contributed by atoms with van der Waals surface area (Å²) in [4.78, 5) is 35.1. The third-order valence-electron chi connectivity index (χ3n) is 5.51. The van der Waals surface area contributed by atoms with E-state index < -0.39 is 0 Å². The summed E-state index contributed by atoms with van der Waals surface area (Å²) < 4.78 is 1.75. The normalized spacial score (nSPS) is 10.9. The lowest BCUT2D eigenvalue weighted by Crippen LogP contribution is -2.16. The van der Waals surface area contributed by atoms with E-state index in [4.69, 9.17) is 0 Å². The molecule has 0 saturated heterocycles. The van der Waals surface area contributed by atoms with E-state index in [0.717, 1.165) is 22.0 Å². The standard InChI is InChI=1S/C26H22N6O2/c1-27-12-17-5-4-6-18(9-17)15-32-16-21(14-29-32)30-25(33)20-10-22(26(34)28-13-20)24-11-19-7-2-3-8-23(19)31-24/h2-11,13-14,16,31H,1,12,15H2,(H,28,34)(H,30,33). The van der Waals surface area contributed by atoms with Crippen LogP contribution in [0.4, 0.5) is 5.69 Å². The summed E-state index contributed by atoms with van der Waals surface area (Å²) in [5.74, 6) is -0.341. The number of hydrogen-bond donors (Lipinski definition) is 3. The van der Waals surface area contributed by atoms with Gasteiger partial charge in [0.25, 0.3) is 11.5 Å². The lowest BCUT2D eigenvalue weighted by molar-refractivity contribution is 0.102. The number of H-pyrrole nitrogens is 2. The Bertz CT molecular complexity index is 1530. The Morgan fingerprint density at radius 2 is 1.94 bits per heavy atom. The molecule has 0 spiro atoms. The molecule has 0 unspecified atom stereocenters. The molecule has 5 aromatic rings. The van der Waals surface area contributed by atoms with Crippen molar-refractivity contribution < 1.29 is 4.79 Å². The average molecular weight is 451 g/mol. The molecule has 0 saturated carbocycles. The van der Waals surface area contributed by atoms with Crippen LogP contribution in [0.25, 0.3) is 22.2 Å². The van der Waals surface area contributed by atoms with Gasteiger partial charge in [-0.2, -0.15) is 5.10 Å². The maximum Gasteiger partial charge on any atom is 0.257 e. The number of benzene rings is 2. The molecule has 5 rings (SSSR count). The van der Waals surface area contributed by atoms with Crippen LogP contribution in [0, 0.1) is 0 Å². The summed E-state index contributed by atoms with van der Waals surface area (Å²) >= 11 is 0. The molecule has 0 radical (unpaired) electrons. The molecule has 0 aliphatic carbocycles. The molecule has 0 fully saturated rings. The number of pyridine rings is 1. The van der Waals surface area contributed by atoms with Gasteiger partial charge in [-0.15, -0.1) is 0 Å². The molecule has 0 aliphatic heterocycles. The number of nitrogens with zero attached hydrogens (tertiary/aromatic N) is 3. The first-order valence-electron chi connectivity index (χ1n) is 10.7. The number of aliphatic imine (C=N–C) groups is 1. The fourth-order valence-electron chi connectivity index (χ4n) is 3.89. The van der Waals surface area contributed by atoms with Gasteiger partial charge in [-0.25, -0.2) is 0 Å². The Labute approximate surface area is 195 Å². The van der Waals surface area contributed by atoms with E-state index in [-0.39, 0.29) is 11.5 Å². The topological polar surface area (TPSA) is 108 Å². The summed E-state index contributed by atoms with van der Waals surface area (Å²) in [5.41, 5.74) is 4.75. The van der Waals surface area contributed by atoms with Crippen molar-refractivity contribution in [3.8, 4) is 11.3 Å². The lowest BCUT2D eigenvalue weighted by Gasteiger charge is -2.05. The average Bonchev–Trinajstić information content (AvgIpc) is 3.46. The summed E-state index contributed by atoms with van der Waals surface area (Å²) in [6, 6.07) is 19.3. The molecule has 2 aromatic carbocycles. The third-order valence-corrected chi connectivity index (χ3v) is 5.51. The van der Waals surface area contributed by atoms with Gasteiger partial charge in [0.1, 0.15) is 0 Å². The molecule has 0 aliphatic rings. The lowest BCUT2D eigenvalue weighted by atomic mass is 10.1. The van der Waals surface area contributed by atoms with Gasteiger partial charge in [-0.05, 0) is 36.0 Å². The molecule has 34 heavy (non-hydrogen) atoms. The van der Waals surface area contributed by atoms with Crippen molar-refractivity contribution in [1.29, 1.82) is 0 Å². The monoisotopic (exact) mass is 450 g/mol. The smallest absolute Gasteiger partial charge is 0.257 e. The van der Waals surface area contributed by atoms with E-state index in [2.05, 4.69) is 38.2 Å².